The van der Waals surface area contributed by atoms with E-state index in [1.807, 2.05) is 19.1 Å². The van der Waals surface area contributed by atoms with Crippen LogP contribution in [-0.2, 0) is 13.2 Å². The van der Waals surface area contributed by atoms with Crippen LogP contribution >= 0.6 is 23.2 Å². The predicted molar refractivity (Wildman–Crippen MR) is 120 cm³/mol. The molecule has 2 aromatic rings. The molecule has 0 aliphatic carbocycles. The molecule has 2 aromatic carbocycles. The Morgan fingerprint density at radius 1 is 1.17 bits per heavy atom. The van der Waals surface area contributed by atoms with Crippen LogP contribution in [0.25, 0.3) is 0 Å². The molecular weight excluding hydrogens is 426 g/mol. The lowest BCUT2D eigenvalue weighted by Gasteiger charge is -2.23. The molecule has 3 rings (SSSR count). The van der Waals surface area contributed by atoms with E-state index in [4.69, 9.17) is 32.7 Å². The van der Waals surface area contributed by atoms with Gasteiger partial charge in [-0.15, -0.1) is 0 Å². The number of benzene rings is 2. The second-order valence-corrected chi connectivity index (χ2v) is 8.20. The lowest BCUT2D eigenvalue weighted by Crippen LogP contribution is -2.37. The molecule has 1 atom stereocenters. The molecule has 1 aliphatic heterocycles. The van der Waals surface area contributed by atoms with Gasteiger partial charge in [0, 0.05) is 24.7 Å². The molecule has 164 valence electrons. The van der Waals surface area contributed by atoms with Crippen LogP contribution in [0.3, 0.4) is 0 Å². The minimum absolute atomic E-state index is 0.0303. The minimum Gasteiger partial charge on any atom is -0.490 e. The van der Waals surface area contributed by atoms with E-state index in [0.717, 1.165) is 18.7 Å². The van der Waals surface area contributed by atoms with Crippen molar-refractivity contribution in [3.05, 3.63) is 57.3 Å². The first-order valence-corrected chi connectivity index (χ1v) is 11.2. The molecule has 1 aliphatic rings. The maximum atomic E-state index is 14.0. The molecule has 30 heavy (non-hydrogen) atoms. The smallest absolute Gasteiger partial charge is 0.180 e. The molecular formula is C23H29Cl2FN2O2. The molecule has 0 unspecified atom stereocenters. The van der Waals surface area contributed by atoms with E-state index in [1.54, 1.807) is 12.1 Å². The highest BCUT2D eigenvalue weighted by Gasteiger charge is 2.22. The van der Waals surface area contributed by atoms with Crippen molar-refractivity contribution < 1.29 is 13.9 Å². The second kappa shape index (κ2) is 11.2. The Bertz CT molecular complexity index is 830. The van der Waals surface area contributed by atoms with E-state index in [0.29, 0.717) is 46.3 Å². The number of likely N-dealkylation sites (N-methyl/N-ethyl adjacent to an activating group) is 1. The van der Waals surface area contributed by atoms with Gasteiger partial charge in [-0.1, -0.05) is 36.2 Å². The van der Waals surface area contributed by atoms with Crippen molar-refractivity contribution in [2.75, 3.05) is 26.2 Å². The summed E-state index contributed by atoms with van der Waals surface area (Å²) in [5.74, 6) is 0.533. The van der Waals surface area contributed by atoms with Crippen LogP contribution in [0.2, 0.25) is 10.0 Å². The van der Waals surface area contributed by atoms with Gasteiger partial charge in [0.2, 0.25) is 0 Å². The van der Waals surface area contributed by atoms with Crippen molar-refractivity contribution in [1.82, 2.24) is 10.2 Å². The second-order valence-electron chi connectivity index (χ2n) is 7.38. The number of nitrogens with zero attached hydrogens (tertiary/aromatic N) is 1. The fourth-order valence-corrected chi connectivity index (χ4v) is 4.37. The first-order valence-electron chi connectivity index (χ1n) is 10.5. The van der Waals surface area contributed by atoms with E-state index < -0.39 is 5.82 Å². The van der Waals surface area contributed by atoms with Crippen molar-refractivity contribution in [2.24, 2.45) is 0 Å². The zero-order chi connectivity index (χ0) is 21.5. The van der Waals surface area contributed by atoms with E-state index in [2.05, 4.69) is 17.1 Å². The summed E-state index contributed by atoms with van der Waals surface area (Å²) >= 11 is 12.6. The topological polar surface area (TPSA) is 33.7 Å². The molecule has 1 fully saturated rings. The third-order valence-corrected chi connectivity index (χ3v) is 6.04. The van der Waals surface area contributed by atoms with Gasteiger partial charge in [0.05, 0.1) is 16.7 Å². The standard InChI is InChI=1S/C23H29Cl2FN2O2/c1-3-28-10-6-7-17(28)14-27-13-16-11-20(25)23(22(12-16)29-4-2)30-15-18-19(24)8-5-9-21(18)26/h5,8-9,11-12,17,27H,3-4,6-7,10,13-15H2,1-2H3/t17-/m0/s1. The average Bonchev–Trinajstić information content (AvgIpc) is 3.17. The Morgan fingerprint density at radius 3 is 2.73 bits per heavy atom. The van der Waals surface area contributed by atoms with Crippen LogP contribution < -0.4 is 14.8 Å². The SMILES string of the molecule is CCOc1cc(CNC[C@@H]2CCCN2CC)cc(Cl)c1OCc1c(F)cccc1Cl. The Hall–Kier alpha value is -1.53. The van der Waals surface area contributed by atoms with Crippen molar-refractivity contribution >= 4 is 23.2 Å². The molecule has 4 nitrogen and oxygen atoms in total. The van der Waals surface area contributed by atoms with Crippen LogP contribution in [0.4, 0.5) is 4.39 Å². The quantitative estimate of drug-likeness (QED) is 0.500. The van der Waals surface area contributed by atoms with Crippen molar-refractivity contribution in [3.8, 4) is 11.5 Å². The normalized spacial score (nSPS) is 16.8. The molecule has 0 radical (unpaired) electrons. The molecule has 1 saturated heterocycles. The van der Waals surface area contributed by atoms with Crippen LogP contribution in [-0.4, -0.2) is 37.2 Å². The molecule has 0 spiro atoms. The molecule has 1 N–H and O–H groups in total. The van der Waals surface area contributed by atoms with Gasteiger partial charge < -0.3 is 14.8 Å². The van der Waals surface area contributed by atoms with Gasteiger partial charge in [0.25, 0.3) is 0 Å². The fourth-order valence-electron chi connectivity index (χ4n) is 3.87. The predicted octanol–water partition coefficient (Wildman–Crippen LogP) is 5.68. The maximum Gasteiger partial charge on any atom is 0.180 e. The van der Waals surface area contributed by atoms with Crippen LogP contribution in [0, 0.1) is 5.82 Å². The van der Waals surface area contributed by atoms with Crippen molar-refractivity contribution in [3.63, 3.8) is 0 Å². The van der Waals surface area contributed by atoms with Gasteiger partial charge in [-0.3, -0.25) is 4.90 Å². The Morgan fingerprint density at radius 2 is 2.00 bits per heavy atom. The first kappa shape index (κ1) is 23.1. The summed E-state index contributed by atoms with van der Waals surface area (Å²) in [6.45, 7) is 8.45. The largest absolute Gasteiger partial charge is 0.490 e. The summed E-state index contributed by atoms with van der Waals surface area (Å²) in [4.78, 5) is 2.51. The third-order valence-electron chi connectivity index (χ3n) is 5.41. The summed E-state index contributed by atoms with van der Waals surface area (Å²) in [5, 5.41) is 4.28. The van der Waals surface area contributed by atoms with Gasteiger partial charge >= 0.3 is 0 Å². The minimum atomic E-state index is -0.412. The Kier molecular flexibility index (Phi) is 8.63. The molecule has 0 saturated carbocycles. The highest BCUT2D eigenvalue weighted by Crippen LogP contribution is 2.38. The van der Waals surface area contributed by atoms with Gasteiger partial charge in [0.1, 0.15) is 12.4 Å². The highest BCUT2D eigenvalue weighted by molar-refractivity contribution is 6.32. The van der Waals surface area contributed by atoms with Gasteiger partial charge in [-0.2, -0.15) is 0 Å². The van der Waals surface area contributed by atoms with Crippen LogP contribution in [0.5, 0.6) is 11.5 Å². The maximum absolute atomic E-state index is 14.0. The van der Waals surface area contributed by atoms with Crippen LogP contribution in [0.15, 0.2) is 30.3 Å². The number of halogens is 3. The summed E-state index contributed by atoms with van der Waals surface area (Å²) in [7, 11) is 0. The molecule has 0 aromatic heterocycles. The zero-order valence-corrected chi connectivity index (χ0v) is 19.0. The number of likely N-dealkylation sites (tertiary alicyclic amines) is 1. The Balaban J connectivity index is 1.67. The van der Waals surface area contributed by atoms with E-state index in [9.17, 15) is 4.39 Å². The molecule has 7 heteroatoms. The highest BCUT2D eigenvalue weighted by atomic mass is 35.5. The van der Waals surface area contributed by atoms with E-state index in [1.165, 1.54) is 25.5 Å². The van der Waals surface area contributed by atoms with Crippen LogP contribution in [0.1, 0.15) is 37.8 Å². The first-order chi connectivity index (χ1) is 14.5. The average molecular weight is 455 g/mol. The van der Waals surface area contributed by atoms with Crippen molar-refractivity contribution in [2.45, 2.75) is 45.9 Å². The zero-order valence-electron chi connectivity index (χ0n) is 17.5. The third kappa shape index (κ3) is 5.79. The molecule has 0 bridgehead atoms. The fraction of sp³-hybridized carbons (Fsp3) is 0.478. The summed E-state index contributed by atoms with van der Waals surface area (Å²) in [5.41, 5.74) is 1.31. The summed E-state index contributed by atoms with van der Waals surface area (Å²) < 4.78 is 25.6. The lowest BCUT2D eigenvalue weighted by molar-refractivity contribution is 0.259. The van der Waals surface area contributed by atoms with Crippen molar-refractivity contribution in [1.29, 1.82) is 0 Å². The van der Waals surface area contributed by atoms with Gasteiger partial charge in [0.15, 0.2) is 11.5 Å². The molecule has 0 amide bonds. The number of rotatable bonds is 10. The van der Waals surface area contributed by atoms with E-state index in [-0.39, 0.29) is 6.61 Å². The summed E-state index contributed by atoms with van der Waals surface area (Å²) in [6, 6.07) is 8.92. The van der Waals surface area contributed by atoms with Gasteiger partial charge in [-0.25, -0.2) is 4.39 Å². The number of ether oxygens (including phenoxy) is 2. The monoisotopic (exact) mass is 454 g/mol. The number of nitrogens with one attached hydrogen (secondary N) is 1. The number of hydrogen-bond acceptors (Lipinski definition) is 4. The lowest BCUT2D eigenvalue weighted by atomic mass is 10.1. The Labute approximate surface area is 188 Å². The summed E-state index contributed by atoms with van der Waals surface area (Å²) in [6.07, 6.45) is 2.50. The molecule has 1 heterocycles. The van der Waals surface area contributed by atoms with Gasteiger partial charge in [-0.05, 0) is 62.7 Å². The van der Waals surface area contributed by atoms with E-state index >= 15 is 0 Å². The number of hydrogen-bond donors (Lipinski definition) is 1.